The van der Waals surface area contributed by atoms with Gasteiger partial charge in [-0.25, -0.2) is 9.53 Å². The summed E-state index contributed by atoms with van der Waals surface area (Å²) in [6.07, 6.45) is 0. The van der Waals surface area contributed by atoms with Crippen molar-refractivity contribution in [2.45, 2.75) is 13.5 Å². The van der Waals surface area contributed by atoms with Crippen molar-refractivity contribution in [3.63, 3.8) is 0 Å². The number of fused-ring (bicyclic) bond motifs is 1. The zero-order valence-electron chi connectivity index (χ0n) is 7.65. The average molecular weight is 188 g/mol. The van der Waals surface area contributed by atoms with Gasteiger partial charge in [0.2, 0.25) is 0 Å². The van der Waals surface area contributed by atoms with Crippen molar-refractivity contribution in [3.05, 3.63) is 34.2 Å². The summed E-state index contributed by atoms with van der Waals surface area (Å²) < 4.78 is 6.45. The summed E-state index contributed by atoms with van der Waals surface area (Å²) in [5, 5.41) is 9.17. The Kier molecular flexibility index (Phi) is 1.86. The summed E-state index contributed by atoms with van der Waals surface area (Å²) in [7, 11) is 0. The van der Waals surface area contributed by atoms with Crippen molar-refractivity contribution in [2.24, 2.45) is 0 Å². The number of rotatable bonds is 1. The summed E-state index contributed by atoms with van der Waals surface area (Å²) in [4.78, 5) is 11.4. The molecule has 4 heteroatoms. The highest BCUT2D eigenvalue weighted by atomic mass is 16.5. The average Bonchev–Trinajstić information content (AvgIpc) is 2.55. The van der Waals surface area contributed by atoms with Crippen LogP contribution in [-0.2, 0) is 6.54 Å². The first kappa shape index (κ1) is 8.57. The lowest BCUT2D eigenvalue weighted by Crippen LogP contribution is -1.94. The predicted octanol–water partition coefficient (Wildman–Crippen LogP) is 1.49. The van der Waals surface area contributed by atoms with Gasteiger partial charge in [-0.1, -0.05) is 6.07 Å². The number of nitrogens with zero attached hydrogens (tertiary/aromatic N) is 2. The Labute approximate surface area is 79.9 Å². The standard InChI is InChI=1S/C10H8N2O2/c1-2-12-8-5-3-4-7(6-11)9(8)10(13)14-12/h3-5H,2H2,1H3. The Morgan fingerprint density at radius 3 is 3.00 bits per heavy atom. The maximum absolute atomic E-state index is 11.4. The van der Waals surface area contributed by atoms with E-state index < -0.39 is 5.63 Å². The highest BCUT2D eigenvalue weighted by Crippen LogP contribution is 2.15. The molecule has 0 saturated heterocycles. The molecule has 1 aromatic carbocycles. The molecule has 0 atom stereocenters. The fourth-order valence-electron chi connectivity index (χ4n) is 1.49. The Balaban J connectivity index is 2.97. The van der Waals surface area contributed by atoms with Crippen LogP contribution in [0.2, 0.25) is 0 Å². The molecule has 0 aliphatic heterocycles. The zero-order chi connectivity index (χ0) is 10.1. The van der Waals surface area contributed by atoms with Gasteiger partial charge < -0.3 is 4.52 Å². The fourth-order valence-corrected chi connectivity index (χ4v) is 1.49. The van der Waals surface area contributed by atoms with Crippen LogP contribution in [0.1, 0.15) is 12.5 Å². The molecule has 0 spiro atoms. The second-order valence-electron chi connectivity index (χ2n) is 2.88. The largest absolute Gasteiger partial charge is 0.366 e. The molecule has 1 heterocycles. The van der Waals surface area contributed by atoms with Crippen LogP contribution >= 0.6 is 0 Å². The third kappa shape index (κ3) is 1.03. The Hall–Kier alpha value is -2.02. The van der Waals surface area contributed by atoms with Crippen molar-refractivity contribution < 1.29 is 4.52 Å². The van der Waals surface area contributed by atoms with E-state index in [-0.39, 0.29) is 0 Å². The summed E-state index contributed by atoms with van der Waals surface area (Å²) >= 11 is 0. The van der Waals surface area contributed by atoms with Gasteiger partial charge >= 0.3 is 5.63 Å². The molecule has 0 unspecified atom stereocenters. The molecule has 0 amide bonds. The zero-order valence-corrected chi connectivity index (χ0v) is 7.65. The van der Waals surface area contributed by atoms with E-state index >= 15 is 0 Å². The van der Waals surface area contributed by atoms with Gasteiger partial charge in [0.1, 0.15) is 11.5 Å². The van der Waals surface area contributed by atoms with Crippen LogP contribution in [-0.4, -0.2) is 4.74 Å². The van der Waals surface area contributed by atoms with Gasteiger partial charge in [0.25, 0.3) is 0 Å². The lowest BCUT2D eigenvalue weighted by atomic mass is 10.1. The van der Waals surface area contributed by atoms with E-state index in [0.29, 0.717) is 23.0 Å². The number of hydrogen-bond donors (Lipinski definition) is 0. The highest BCUT2D eigenvalue weighted by molar-refractivity contribution is 5.83. The first-order valence-electron chi connectivity index (χ1n) is 4.31. The van der Waals surface area contributed by atoms with Gasteiger partial charge in [-0.2, -0.15) is 5.26 Å². The number of nitriles is 1. The van der Waals surface area contributed by atoms with Crippen LogP contribution in [0, 0.1) is 11.3 Å². The third-order valence-electron chi connectivity index (χ3n) is 2.12. The van der Waals surface area contributed by atoms with Gasteiger partial charge in [0.15, 0.2) is 0 Å². The molecule has 1 aromatic heterocycles. The molecule has 0 radical (unpaired) electrons. The second kappa shape index (κ2) is 3.04. The predicted molar refractivity (Wildman–Crippen MR) is 50.9 cm³/mol. The molecular formula is C10H8N2O2. The molecule has 70 valence electrons. The minimum absolute atomic E-state index is 0.364. The van der Waals surface area contributed by atoms with Crippen LogP contribution in [0.5, 0.6) is 0 Å². The Morgan fingerprint density at radius 1 is 1.57 bits per heavy atom. The Bertz CT molecular complexity index is 572. The minimum atomic E-state index is -0.445. The van der Waals surface area contributed by atoms with E-state index in [9.17, 15) is 4.79 Å². The molecule has 2 aromatic rings. The lowest BCUT2D eigenvalue weighted by Gasteiger charge is -1.95. The molecule has 14 heavy (non-hydrogen) atoms. The van der Waals surface area contributed by atoms with Crippen LogP contribution < -0.4 is 5.63 Å². The SMILES string of the molecule is CCn1oc(=O)c2c(C#N)cccc21. The monoisotopic (exact) mass is 188 g/mol. The smallest absolute Gasteiger partial charge is 0.335 e. The maximum atomic E-state index is 11.4. The first-order valence-corrected chi connectivity index (χ1v) is 4.31. The fraction of sp³-hybridized carbons (Fsp3) is 0.200. The summed E-state index contributed by atoms with van der Waals surface area (Å²) in [6.45, 7) is 2.45. The quantitative estimate of drug-likeness (QED) is 0.681. The molecule has 0 bridgehead atoms. The lowest BCUT2D eigenvalue weighted by molar-refractivity contribution is 0.270. The van der Waals surface area contributed by atoms with Gasteiger partial charge in [0.05, 0.1) is 17.6 Å². The summed E-state index contributed by atoms with van der Waals surface area (Å²) in [5.41, 5.74) is 0.596. The van der Waals surface area contributed by atoms with Gasteiger partial charge in [-0.3, -0.25) is 0 Å². The molecule has 0 aliphatic rings. The minimum Gasteiger partial charge on any atom is -0.335 e. The van der Waals surface area contributed by atoms with E-state index in [4.69, 9.17) is 9.78 Å². The van der Waals surface area contributed by atoms with Crippen molar-refractivity contribution >= 4 is 10.9 Å². The van der Waals surface area contributed by atoms with Gasteiger partial charge in [0, 0.05) is 0 Å². The van der Waals surface area contributed by atoms with E-state index in [1.165, 1.54) is 4.74 Å². The third-order valence-corrected chi connectivity index (χ3v) is 2.12. The van der Waals surface area contributed by atoms with Crippen LogP contribution in [0.4, 0.5) is 0 Å². The summed E-state index contributed by atoms with van der Waals surface area (Å²) in [6, 6.07) is 7.09. The van der Waals surface area contributed by atoms with Crippen LogP contribution in [0.3, 0.4) is 0 Å². The van der Waals surface area contributed by atoms with E-state index in [1.807, 2.05) is 13.0 Å². The number of aryl methyl sites for hydroxylation is 1. The number of aromatic nitrogens is 1. The number of hydrogen-bond acceptors (Lipinski definition) is 3. The van der Waals surface area contributed by atoms with Gasteiger partial charge in [-0.05, 0) is 19.1 Å². The van der Waals surface area contributed by atoms with Crippen molar-refractivity contribution in [3.8, 4) is 6.07 Å². The topological polar surface area (TPSA) is 58.9 Å². The molecule has 0 saturated carbocycles. The second-order valence-corrected chi connectivity index (χ2v) is 2.88. The van der Waals surface area contributed by atoms with E-state index in [2.05, 4.69) is 0 Å². The molecule has 0 N–H and O–H groups in total. The molecule has 4 nitrogen and oxygen atoms in total. The summed E-state index contributed by atoms with van der Waals surface area (Å²) in [5.74, 6) is 0. The van der Waals surface area contributed by atoms with Crippen LogP contribution in [0.15, 0.2) is 27.5 Å². The van der Waals surface area contributed by atoms with Gasteiger partial charge in [-0.15, -0.1) is 0 Å². The van der Waals surface area contributed by atoms with Crippen molar-refractivity contribution in [2.75, 3.05) is 0 Å². The maximum Gasteiger partial charge on any atom is 0.366 e. The molecule has 0 aliphatic carbocycles. The van der Waals surface area contributed by atoms with Crippen molar-refractivity contribution in [1.82, 2.24) is 4.74 Å². The van der Waals surface area contributed by atoms with E-state index in [1.54, 1.807) is 18.2 Å². The first-order chi connectivity index (χ1) is 6.77. The number of benzene rings is 1. The Morgan fingerprint density at radius 2 is 2.36 bits per heavy atom. The molecule has 2 rings (SSSR count). The van der Waals surface area contributed by atoms with E-state index in [0.717, 1.165) is 0 Å². The van der Waals surface area contributed by atoms with Crippen LogP contribution in [0.25, 0.3) is 10.9 Å². The molecular weight excluding hydrogens is 180 g/mol. The van der Waals surface area contributed by atoms with Crippen molar-refractivity contribution in [1.29, 1.82) is 5.26 Å². The highest BCUT2D eigenvalue weighted by Gasteiger charge is 2.11. The molecule has 0 fully saturated rings. The normalized spacial score (nSPS) is 10.3.